The standard InChI is InChI=1S/C17H22N4O/c1-12(2)20-17(22)21-15-7-8-16(19-11-15)18-10-14-6-4-5-13(3)9-14/h4-9,11-12H,10H2,1-3H3,(H,18,19)(H2,20,21,22). The summed E-state index contributed by atoms with van der Waals surface area (Å²) in [5, 5.41) is 8.77. The van der Waals surface area contributed by atoms with Crippen molar-refractivity contribution in [1.29, 1.82) is 0 Å². The second kappa shape index (κ2) is 7.45. The molecule has 2 amide bonds. The van der Waals surface area contributed by atoms with Crippen LogP contribution in [-0.2, 0) is 6.54 Å². The summed E-state index contributed by atoms with van der Waals surface area (Å²) in [4.78, 5) is 15.9. The first-order valence-electron chi connectivity index (χ1n) is 7.36. The van der Waals surface area contributed by atoms with Crippen molar-refractivity contribution in [2.24, 2.45) is 0 Å². The lowest BCUT2D eigenvalue weighted by Crippen LogP contribution is -2.34. The third-order valence-corrected chi connectivity index (χ3v) is 3.00. The molecule has 2 rings (SSSR count). The highest BCUT2D eigenvalue weighted by atomic mass is 16.2. The molecule has 0 radical (unpaired) electrons. The van der Waals surface area contributed by atoms with E-state index in [4.69, 9.17) is 0 Å². The molecule has 1 heterocycles. The van der Waals surface area contributed by atoms with Crippen LogP contribution in [0.1, 0.15) is 25.0 Å². The lowest BCUT2D eigenvalue weighted by molar-refractivity contribution is 0.250. The molecule has 0 saturated carbocycles. The molecule has 0 atom stereocenters. The lowest BCUT2D eigenvalue weighted by Gasteiger charge is -2.11. The number of rotatable bonds is 5. The van der Waals surface area contributed by atoms with E-state index in [0.29, 0.717) is 5.69 Å². The minimum atomic E-state index is -0.225. The van der Waals surface area contributed by atoms with Crippen LogP contribution in [0.25, 0.3) is 0 Å². The molecule has 0 unspecified atom stereocenters. The van der Waals surface area contributed by atoms with Crippen LogP contribution < -0.4 is 16.0 Å². The predicted octanol–water partition coefficient (Wildman–Crippen LogP) is 3.53. The van der Waals surface area contributed by atoms with Gasteiger partial charge >= 0.3 is 6.03 Å². The molecule has 5 heteroatoms. The summed E-state index contributed by atoms with van der Waals surface area (Å²) in [6, 6.07) is 11.9. The topological polar surface area (TPSA) is 66.0 Å². The molecule has 1 aromatic heterocycles. The van der Waals surface area contributed by atoms with Crippen molar-refractivity contribution in [2.75, 3.05) is 10.6 Å². The zero-order valence-corrected chi connectivity index (χ0v) is 13.2. The smallest absolute Gasteiger partial charge is 0.319 e. The van der Waals surface area contributed by atoms with Gasteiger partial charge in [0.2, 0.25) is 0 Å². The Labute approximate surface area is 131 Å². The van der Waals surface area contributed by atoms with E-state index < -0.39 is 0 Å². The molecule has 2 aromatic rings. The number of aromatic nitrogens is 1. The number of aryl methyl sites for hydroxylation is 1. The molecule has 3 N–H and O–H groups in total. The molecule has 0 fully saturated rings. The summed E-state index contributed by atoms with van der Waals surface area (Å²) in [6.45, 7) is 6.62. The van der Waals surface area contributed by atoms with E-state index in [1.165, 1.54) is 11.1 Å². The number of nitrogens with zero attached hydrogens (tertiary/aromatic N) is 1. The van der Waals surface area contributed by atoms with Crippen molar-refractivity contribution < 1.29 is 4.79 Å². The van der Waals surface area contributed by atoms with Crippen molar-refractivity contribution in [3.8, 4) is 0 Å². The number of amides is 2. The van der Waals surface area contributed by atoms with Gasteiger partial charge in [-0.1, -0.05) is 29.8 Å². The second-order valence-electron chi connectivity index (χ2n) is 5.53. The number of hydrogen-bond donors (Lipinski definition) is 3. The summed E-state index contributed by atoms with van der Waals surface area (Å²) in [5.41, 5.74) is 3.11. The van der Waals surface area contributed by atoms with Gasteiger partial charge in [0.1, 0.15) is 5.82 Å². The van der Waals surface area contributed by atoms with Crippen LogP contribution in [-0.4, -0.2) is 17.1 Å². The van der Waals surface area contributed by atoms with E-state index in [9.17, 15) is 4.79 Å². The first kappa shape index (κ1) is 15.8. The Morgan fingerprint density at radius 3 is 2.68 bits per heavy atom. The van der Waals surface area contributed by atoms with Crippen LogP contribution in [0.2, 0.25) is 0 Å². The van der Waals surface area contributed by atoms with Crippen LogP contribution in [0.4, 0.5) is 16.3 Å². The van der Waals surface area contributed by atoms with E-state index in [1.807, 2.05) is 32.0 Å². The SMILES string of the molecule is Cc1cccc(CNc2ccc(NC(=O)NC(C)C)cn2)c1. The summed E-state index contributed by atoms with van der Waals surface area (Å²) < 4.78 is 0. The summed E-state index contributed by atoms with van der Waals surface area (Å²) in [6.07, 6.45) is 1.64. The summed E-state index contributed by atoms with van der Waals surface area (Å²) >= 11 is 0. The summed E-state index contributed by atoms with van der Waals surface area (Å²) in [7, 11) is 0. The molecule has 116 valence electrons. The molecule has 0 saturated heterocycles. The number of carbonyl (C=O) groups excluding carboxylic acids is 1. The largest absolute Gasteiger partial charge is 0.366 e. The van der Waals surface area contributed by atoms with Crippen molar-refractivity contribution in [3.63, 3.8) is 0 Å². The average Bonchev–Trinajstić information content (AvgIpc) is 2.46. The van der Waals surface area contributed by atoms with Gasteiger partial charge in [0.05, 0.1) is 11.9 Å². The first-order valence-corrected chi connectivity index (χ1v) is 7.36. The third-order valence-electron chi connectivity index (χ3n) is 3.00. The molecule has 0 aliphatic heterocycles. The van der Waals surface area contributed by atoms with Crippen molar-refractivity contribution in [3.05, 3.63) is 53.7 Å². The fourth-order valence-electron chi connectivity index (χ4n) is 2.02. The Balaban J connectivity index is 1.88. The number of benzene rings is 1. The minimum absolute atomic E-state index is 0.100. The van der Waals surface area contributed by atoms with E-state index in [2.05, 4.69) is 46.1 Å². The number of hydrogen-bond acceptors (Lipinski definition) is 3. The van der Waals surface area contributed by atoms with Crippen molar-refractivity contribution in [1.82, 2.24) is 10.3 Å². The molecule has 0 aliphatic carbocycles. The number of anilines is 2. The van der Waals surface area contributed by atoms with Crippen LogP contribution in [0.15, 0.2) is 42.6 Å². The van der Waals surface area contributed by atoms with Crippen molar-refractivity contribution >= 4 is 17.5 Å². The highest BCUT2D eigenvalue weighted by Crippen LogP contribution is 2.11. The maximum atomic E-state index is 11.6. The van der Waals surface area contributed by atoms with Gasteiger partial charge in [-0.2, -0.15) is 0 Å². The Hall–Kier alpha value is -2.56. The maximum Gasteiger partial charge on any atom is 0.319 e. The van der Waals surface area contributed by atoms with Gasteiger partial charge in [-0.05, 0) is 38.5 Å². The fourth-order valence-corrected chi connectivity index (χ4v) is 2.02. The monoisotopic (exact) mass is 298 g/mol. The van der Waals surface area contributed by atoms with Crippen LogP contribution >= 0.6 is 0 Å². The Kier molecular flexibility index (Phi) is 5.36. The van der Waals surface area contributed by atoms with Crippen LogP contribution in [0.3, 0.4) is 0 Å². The Morgan fingerprint density at radius 1 is 1.23 bits per heavy atom. The number of nitrogens with one attached hydrogen (secondary N) is 3. The molecule has 1 aromatic carbocycles. The predicted molar refractivity (Wildman–Crippen MR) is 90.0 cm³/mol. The van der Waals surface area contributed by atoms with Gasteiger partial charge < -0.3 is 16.0 Å². The zero-order chi connectivity index (χ0) is 15.9. The van der Waals surface area contributed by atoms with Gasteiger partial charge in [0.25, 0.3) is 0 Å². The van der Waals surface area contributed by atoms with Crippen LogP contribution in [0, 0.1) is 6.92 Å². The van der Waals surface area contributed by atoms with E-state index in [-0.39, 0.29) is 12.1 Å². The molecule has 0 aliphatic rings. The molecule has 0 spiro atoms. The normalized spacial score (nSPS) is 10.4. The molecule has 0 bridgehead atoms. The quantitative estimate of drug-likeness (QED) is 0.791. The lowest BCUT2D eigenvalue weighted by atomic mass is 10.1. The van der Waals surface area contributed by atoms with Gasteiger partial charge in [0, 0.05) is 12.6 Å². The molecule has 22 heavy (non-hydrogen) atoms. The number of carbonyl (C=O) groups is 1. The minimum Gasteiger partial charge on any atom is -0.366 e. The highest BCUT2D eigenvalue weighted by Gasteiger charge is 2.03. The second-order valence-corrected chi connectivity index (χ2v) is 5.53. The van der Waals surface area contributed by atoms with Gasteiger partial charge in [-0.15, -0.1) is 0 Å². The Bertz CT molecular complexity index is 623. The molecular weight excluding hydrogens is 276 g/mol. The first-order chi connectivity index (χ1) is 10.5. The zero-order valence-electron chi connectivity index (χ0n) is 13.2. The van der Waals surface area contributed by atoms with E-state index in [0.717, 1.165) is 12.4 Å². The molecular formula is C17H22N4O. The van der Waals surface area contributed by atoms with Gasteiger partial charge in [-0.25, -0.2) is 9.78 Å². The maximum absolute atomic E-state index is 11.6. The van der Waals surface area contributed by atoms with E-state index >= 15 is 0 Å². The average molecular weight is 298 g/mol. The van der Waals surface area contributed by atoms with Gasteiger partial charge in [-0.3, -0.25) is 0 Å². The molecule has 5 nitrogen and oxygen atoms in total. The highest BCUT2D eigenvalue weighted by molar-refractivity contribution is 5.89. The summed E-state index contributed by atoms with van der Waals surface area (Å²) in [5.74, 6) is 0.774. The third kappa shape index (κ3) is 5.09. The number of urea groups is 1. The fraction of sp³-hybridized carbons (Fsp3) is 0.294. The van der Waals surface area contributed by atoms with Crippen molar-refractivity contribution in [2.45, 2.75) is 33.4 Å². The van der Waals surface area contributed by atoms with Crippen LogP contribution in [0.5, 0.6) is 0 Å². The Morgan fingerprint density at radius 2 is 2.05 bits per heavy atom. The number of pyridine rings is 1. The van der Waals surface area contributed by atoms with Gasteiger partial charge in [0.15, 0.2) is 0 Å². The van der Waals surface area contributed by atoms with E-state index in [1.54, 1.807) is 6.20 Å².